The molecule has 7 heteroatoms. The predicted molar refractivity (Wildman–Crippen MR) is 162 cm³/mol. The first-order valence-electron chi connectivity index (χ1n) is 15.3. The Labute approximate surface area is 247 Å². The molecule has 3 fully saturated rings. The molecule has 1 aromatic rings. The van der Waals surface area contributed by atoms with Gasteiger partial charge in [0.25, 0.3) is 0 Å². The van der Waals surface area contributed by atoms with Crippen LogP contribution in [0.4, 0.5) is 0 Å². The van der Waals surface area contributed by atoms with E-state index in [0.717, 1.165) is 44.2 Å². The highest BCUT2D eigenvalue weighted by Gasteiger charge is 2.50. The minimum absolute atomic E-state index is 0.0592. The first kappa shape index (κ1) is 31.3. The second-order valence-corrected chi connectivity index (χ2v) is 15.8. The van der Waals surface area contributed by atoms with Crippen molar-refractivity contribution in [2.24, 2.45) is 16.7 Å². The molecular formula is C33H52ClN3O3. The van der Waals surface area contributed by atoms with Crippen molar-refractivity contribution < 1.29 is 14.7 Å². The van der Waals surface area contributed by atoms with Crippen LogP contribution in [0.5, 0.6) is 0 Å². The number of aliphatic hydroxyl groups excluding tert-OH is 1. The summed E-state index contributed by atoms with van der Waals surface area (Å²) in [6.45, 7) is 18.5. The van der Waals surface area contributed by atoms with E-state index in [1.165, 1.54) is 0 Å². The van der Waals surface area contributed by atoms with Crippen molar-refractivity contribution in [3.63, 3.8) is 0 Å². The Morgan fingerprint density at radius 1 is 1.00 bits per heavy atom. The Bertz CT molecular complexity index is 1050. The van der Waals surface area contributed by atoms with Gasteiger partial charge >= 0.3 is 0 Å². The summed E-state index contributed by atoms with van der Waals surface area (Å²) in [6, 6.07) is 7.67. The molecule has 0 radical (unpaired) electrons. The molecule has 4 atom stereocenters. The van der Waals surface area contributed by atoms with E-state index in [1.54, 1.807) is 0 Å². The Kier molecular flexibility index (Phi) is 9.05. The molecule has 2 heterocycles. The van der Waals surface area contributed by atoms with Gasteiger partial charge in [-0.25, -0.2) is 0 Å². The second-order valence-electron chi connectivity index (χ2n) is 15.3. The lowest BCUT2D eigenvalue weighted by molar-refractivity contribution is -0.147. The van der Waals surface area contributed by atoms with Gasteiger partial charge in [-0.2, -0.15) is 0 Å². The third kappa shape index (κ3) is 6.55. The molecule has 1 unspecified atom stereocenters. The highest BCUT2D eigenvalue weighted by atomic mass is 35.5. The number of hydrogen-bond acceptors (Lipinski definition) is 4. The van der Waals surface area contributed by atoms with Crippen molar-refractivity contribution >= 4 is 23.4 Å². The second kappa shape index (κ2) is 11.6. The Morgan fingerprint density at radius 2 is 1.60 bits per heavy atom. The van der Waals surface area contributed by atoms with Gasteiger partial charge < -0.3 is 14.9 Å². The monoisotopic (exact) mass is 573 g/mol. The number of benzene rings is 1. The van der Waals surface area contributed by atoms with Gasteiger partial charge in [0.2, 0.25) is 11.8 Å². The predicted octanol–water partition coefficient (Wildman–Crippen LogP) is 6.31. The maximum absolute atomic E-state index is 14.4. The van der Waals surface area contributed by atoms with Crippen molar-refractivity contribution in [1.82, 2.24) is 14.7 Å². The van der Waals surface area contributed by atoms with Gasteiger partial charge in [0.15, 0.2) is 0 Å². The fraction of sp³-hybridized carbons (Fsp3) is 0.758. The molecular weight excluding hydrogens is 522 g/mol. The standard InChI is InChI=1S/C33H52ClN3O3/c1-31(2,3)30(40)37(24-13-16-33(7,8)17-14-24)25-19-26(21-38)35(20-25)29(39)27-15-18-36(32(4,5)6)28(27)22-9-11-23(34)12-10-22/h9-12,24-28,38H,13-21H2,1-8H3/t25-,26-,27-,28?/m0/s1. The lowest BCUT2D eigenvalue weighted by atomic mass is 9.74. The minimum atomic E-state index is -0.503. The molecule has 0 spiro atoms. The zero-order valence-corrected chi connectivity index (χ0v) is 26.8. The van der Waals surface area contributed by atoms with Crippen LogP contribution in [-0.4, -0.2) is 75.0 Å². The molecule has 2 amide bonds. The Balaban J connectivity index is 1.62. The zero-order valence-electron chi connectivity index (χ0n) is 26.0. The molecule has 0 bridgehead atoms. The molecule has 224 valence electrons. The van der Waals surface area contributed by atoms with Crippen molar-refractivity contribution in [3.05, 3.63) is 34.9 Å². The van der Waals surface area contributed by atoms with Crippen molar-refractivity contribution in [1.29, 1.82) is 0 Å². The number of aliphatic hydroxyl groups is 1. The zero-order chi connectivity index (χ0) is 29.6. The number of hydrogen-bond donors (Lipinski definition) is 1. The molecule has 4 rings (SSSR count). The van der Waals surface area contributed by atoms with Gasteiger partial charge in [0.1, 0.15) is 0 Å². The van der Waals surface area contributed by atoms with Crippen LogP contribution in [0.25, 0.3) is 0 Å². The number of rotatable bonds is 5. The largest absolute Gasteiger partial charge is 0.394 e. The number of amides is 2. The average Bonchev–Trinajstić information content (AvgIpc) is 3.50. The highest BCUT2D eigenvalue weighted by molar-refractivity contribution is 6.30. The topological polar surface area (TPSA) is 64.1 Å². The summed E-state index contributed by atoms with van der Waals surface area (Å²) < 4.78 is 0. The summed E-state index contributed by atoms with van der Waals surface area (Å²) in [5.74, 6) is 0.0450. The van der Waals surface area contributed by atoms with E-state index in [-0.39, 0.29) is 54.0 Å². The maximum Gasteiger partial charge on any atom is 0.228 e. The van der Waals surface area contributed by atoms with Gasteiger partial charge in [-0.05, 0) is 82.4 Å². The molecule has 1 aliphatic carbocycles. The number of likely N-dealkylation sites (tertiary alicyclic amines) is 2. The molecule has 2 saturated heterocycles. The van der Waals surface area contributed by atoms with Crippen molar-refractivity contribution in [3.8, 4) is 0 Å². The van der Waals surface area contributed by atoms with Gasteiger partial charge in [-0.15, -0.1) is 0 Å². The molecule has 1 saturated carbocycles. The molecule has 40 heavy (non-hydrogen) atoms. The van der Waals surface area contributed by atoms with E-state index in [0.29, 0.717) is 23.4 Å². The average molecular weight is 574 g/mol. The lowest BCUT2D eigenvalue weighted by Gasteiger charge is -2.45. The van der Waals surface area contributed by atoms with Crippen LogP contribution >= 0.6 is 11.6 Å². The molecule has 2 aliphatic heterocycles. The molecule has 1 aromatic carbocycles. The minimum Gasteiger partial charge on any atom is -0.394 e. The first-order valence-corrected chi connectivity index (χ1v) is 15.7. The summed E-state index contributed by atoms with van der Waals surface area (Å²) in [4.78, 5) is 34.8. The van der Waals surface area contributed by atoms with Gasteiger partial charge in [0.05, 0.1) is 24.6 Å². The van der Waals surface area contributed by atoms with E-state index >= 15 is 0 Å². The number of carbonyl (C=O) groups is 2. The van der Waals surface area contributed by atoms with E-state index in [2.05, 4.69) is 44.4 Å². The number of carbonyl (C=O) groups excluding carboxylic acids is 2. The fourth-order valence-corrected chi connectivity index (χ4v) is 7.43. The third-order valence-corrected chi connectivity index (χ3v) is 9.90. The van der Waals surface area contributed by atoms with Crippen LogP contribution in [0, 0.1) is 16.7 Å². The van der Waals surface area contributed by atoms with Crippen LogP contribution in [0.3, 0.4) is 0 Å². The van der Waals surface area contributed by atoms with Crippen LogP contribution in [-0.2, 0) is 9.59 Å². The first-order chi connectivity index (χ1) is 18.5. The summed E-state index contributed by atoms with van der Waals surface area (Å²) in [5, 5.41) is 11.2. The van der Waals surface area contributed by atoms with E-state index in [4.69, 9.17) is 11.6 Å². The van der Waals surface area contributed by atoms with Crippen LogP contribution < -0.4 is 0 Å². The smallest absolute Gasteiger partial charge is 0.228 e. The van der Waals surface area contributed by atoms with E-state index in [1.807, 2.05) is 49.9 Å². The molecule has 1 N–H and O–H groups in total. The van der Waals surface area contributed by atoms with E-state index < -0.39 is 5.41 Å². The summed E-state index contributed by atoms with van der Waals surface area (Å²) in [6.07, 6.45) is 5.57. The van der Waals surface area contributed by atoms with Gasteiger partial charge in [-0.3, -0.25) is 14.5 Å². The quantitative estimate of drug-likeness (QED) is 0.448. The molecule has 3 aliphatic rings. The SMILES string of the molecule is CC1(C)CCC(N(C(=O)C(C)(C)C)[C@H]2C[C@@H](CO)N(C(=O)[C@H]3CCN(C(C)(C)C)C3c3ccc(Cl)cc3)C2)CC1. The lowest BCUT2D eigenvalue weighted by Crippen LogP contribution is -2.54. The summed E-state index contributed by atoms with van der Waals surface area (Å²) >= 11 is 6.22. The summed E-state index contributed by atoms with van der Waals surface area (Å²) in [5.41, 5.74) is 0.794. The van der Waals surface area contributed by atoms with E-state index in [9.17, 15) is 14.7 Å². The Hall–Kier alpha value is -1.63. The Morgan fingerprint density at radius 3 is 2.12 bits per heavy atom. The van der Waals surface area contributed by atoms with Crippen LogP contribution in [0.15, 0.2) is 24.3 Å². The van der Waals surface area contributed by atoms with Gasteiger partial charge in [0, 0.05) is 41.1 Å². The molecule has 6 nitrogen and oxygen atoms in total. The number of halogens is 1. The van der Waals surface area contributed by atoms with Gasteiger partial charge in [-0.1, -0.05) is 58.4 Å². The third-order valence-electron chi connectivity index (χ3n) is 9.65. The number of nitrogens with zero attached hydrogens (tertiary/aromatic N) is 3. The molecule has 0 aromatic heterocycles. The highest BCUT2D eigenvalue weighted by Crippen LogP contribution is 2.44. The van der Waals surface area contributed by atoms with Crippen LogP contribution in [0.1, 0.15) is 106 Å². The maximum atomic E-state index is 14.4. The normalized spacial score (nSPS) is 28.2. The van der Waals surface area contributed by atoms with Crippen molar-refractivity contribution in [2.45, 2.75) is 124 Å². The summed E-state index contributed by atoms with van der Waals surface area (Å²) in [7, 11) is 0. The van der Waals surface area contributed by atoms with Crippen molar-refractivity contribution in [2.75, 3.05) is 19.7 Å². The van der Waals surface area contributed by atoms with Crippen LogP contribution in [0.2, 0.25) is 5.02 Å². The fourth-order valence-electron chi connectivity index (χ4n) is 7.30.